The molecule has 1 aromatic carbocycles. The molecule has 0 bridgehead atoms. The quantitative estimate of drug-likeness (QED) is 0.741. The first kappa shape index (κ1) is 18.3. The van der Waals surface area contributed by atoms with E-state index in [1.807, 2.05) is 44.2 Å². The fourth-order valence-electron chi connectivity index (χ4n) is 2.78. The topological polar surface area (TPSA) is 103 Å². The second kappa shape index (κ2) is 7.41. The van der Waals surface area contributed by atoms with Crippen LogP contribution in [0.5, 0.6) is 0 Å². The van der Waals surface area contributed by atoms with Crippen molar-refractivity contribution in [2.24, 2.45) is 0 Å². The maximum absolute atomic E-state index is 12.1. The van der Waals surface area contributed by atoms with Crippen molar-refractivity contribution >= 4 is 11.7 Å². The maximum atomic E-state index is 12.1. The Balaban J connectivity index is 2.31. The van der Waals surface area contributed by atoms with E-state index < -0.39 is 5.91 Å². The van der Waals surface area contributed by atoms with Crippen LogP contribution in [0.3, 0.4) is 0 Å². The van der Waals surface area contributed by atoms with E-state index in [0.29, 0.717) is 17.0 Å². The van der Waals surface area contributed by atoms with Crippen LogP contribution in [0.25, 0.3) is 22.5 Å². The smallest absolute Gasteiger partial charge is 0.273 e. The number of rotatable bonds is 4. The maximum Gasteiger partial charge on any atom is 0.273 e. The summed E-state index contributed by atoms with van der Waals surface area (Å²) in [4.78, 5) is 33.2. The monoisotopic (exact) mass is 363 g/mol. The third kappa shape index (κ3) is 3.57. The number of nitrogen functional groups attached to an aromatic ring is 1. The molecule has 7 heteroatoms. The van der Waals surface area contributed by atoms with E-state index in [1.165, 1.54) is 13.1 Å². The molecule has 0 saturated carbocycles. The molecule has 0 aliphatic carbocycles. The lowest BCUT2D eigenvalue weighted by Crippen LogP contribution is -2.23. The number of anilines is 1. The van der Waals surface area contributed by atoms with Crippen molar-refractivity contribution in [1.82, 2.24) is 19.9 Å². The highest BCUT2D eigenvalue weighted by molar-refractivity contribution is 5.97. The summed E-state index contributed by atoms with van der Waals surface area (Å²) in [6.07, 6.45) is 1.73. The van der Waals surface area contributed by atoms with Gasteiger partial charge in [-0.15, -0.1) is 0 Å². The molecule has 0 aliphatic heterocycles. The average molecular weight is 363 g/mol. The minimum Gasteiger partial charge on any atom is -0.382 e. The summed E-state index contributed by atoms with van der Waals surface area (Å²) in [7, 11) is 1.51. The number of carbonyl (C=O) groups is 1. The summed E-state index contributed by atoms with van der Waals surface area (Å²) >= 11 is 0. The van der Waals surface area contributed by atoms with Crippen molar-refractivity contribution in [3.8, 4) is 22.5 Å². The van der Waals surface area contributed by atoms with Gasteiger partial charge in [-0.05, 0) is 19.9 Å². The largest absolute Gasteiger partial charge is 0.382 e. The van der Waals surface area contributed by atoms with Crippen molar-refractivity contribution in [3.63, 3.8) is 0 Å². The average Bonchev–Trinajstić information content (AvgIpc) is 2.68. The minimum absolute atomic E-state index is 0.0159. The van der Waals surface area contributed by atoms with Crippen LogP contribution >= 0.6 is 0 Å². The highest BCUT2D eigenvalue weighted by atomic mass is 16.1. The van der Waals surface area contributed by atoms with Crippen LogP contribution in [-0.2, 0) is 0 Å². The lowest BCUT2D eigenvalue weighted by atomic mass is 10.0. The number of hydrogen-bond acceptors (Lipinski definition) is 5. The SMILES string of the molecule is CNC(=O)c1nc(-c2ccc(=O)n(C(C)C)c2)c(-c2ccccc2)nc1N. The molecule has 0 radical (unpaired) electrons. The molecule has 1 amide bonds. The van der Waals surface area contributed by atoms with Gasteiger partial charge in [0.15, 0.2) is 11.5 Å². The van der Waals surface area contributed by atoms with Crippen molar-refractivity contribution < 1.29 is 4.79 Å². The highest BCUT2D eigenvalue weighted by Crippen LogP contribution is 2.30. The van der Waals surface area contributed by atoms with Gasteiger partial charge in [0.2, 0.25) is 0 Å². The molecule has 7 nitrogen and oxygen atoms in total. The van der Waals surface area contributed by atoms with Gasteiger partial charge in [-0.3, -0.25) is 9.59 Å². The molecule has 0 aliphatic rings. The van der Waals surface area contributed by atoms with E-state index in [4.69, 9.17) is 5.73 Å². The second-order valence-electron chi connectivity index (χ2n) is 6.36. The zero-order valence-electron chi connectivity index (χ0n) is 15.4. The van der Waals surface area contributed by atoms with Gasteiger partial charge in [0, 0.05) is 36.5 Å². The van der Waals surface area contributed by atoms with Gasteiger partial charge in [-0.1, -0.05) is 30.3 Å². The van der Waals surface area contributed by atoms with Crippen molar-refractivity contribution in [3.05, 3.63) is 64.7 Å². The van der Waals surface area contributed by atoms with Gasteiger partial charge in [-0.25, -0.2) is 9.97 Å². The van der Waals surface area contributed by atoms with Crippen molar-refractivity contribution in [2.45, 2.75) is 19.9 Å². The Morgan fingerprint density at radius 1 is 1.04 bits per heavy atom. The predicted molar refractivity (Wildman–Crippen MR) is 105 cm³/mol. The van der Waals surface area contributed by atoms with Gasteiger partial charge < -0.3 is 15.6 Å². The lowest BCUT2D eigenvalue weighted by molar-refractivity contribution is 0.0959. The van der Waals surface area contributed by atoms with E-state index in [0.717, 1.165) is 5.56 Å². The van der Waals surface area contributed by atoms with Gasteiger partial charge in [0.1, 0.15) is 0 Å². The second-order valence-corrected chi connectivity index (χ2v) is 6.36. The van der Waals surface area contributed by atoms with E-state index in [-0.39, 0.29) is 23.1 Å². The summed E-state index contributed by atoms with van der Waals surface area (Å²) in [5.74, 6) is -0.368. The highest BCUT2D eigenvalue weighted by Gasteiger charge is 2.19. The molecule has 0 spiro atoms. The molecule has 2 aromatic heterocycles. The zero-order valence-corrected chi connectivity index (χ0v) is 15.4. The molecule has 0 saturated heterocycles. The molecule has 0 fully saturated rings. The van der Waals surface area contributed by atoms with Crippen LogP contribution in [0.1, 0.15) is 30.4 Å². The molecule has 0 atom stereocenters. The zero-order chi connectivity index (χ0) is 19.6. The number of nitrogens with zero attached hydrogens (tertiary/aromatic N) is 3. The lowest BCUT2D eigenvalue weighted by Gasteiger charge is -2.15. The number of amides is 1. The Hall–Kier alpha value is -3.48. The Bertz CT molecular complexity index is 1040. The van der Waals surface area contributed by atoms with Crippen molar-refractivity contribution in [1.29, 1.82) is 0 Å². The van der Waals surface area contributed by atoms with Crippen LogP contribution in [0, 0.1) is 0 Å². The van der Waals surface area contributed by atoms with E-state index in [9.17, 15) is 9.59 Å². The first-order valence-electron chi connectivity index (χ1n) is 8.60. The summed E-state index contributed by atoms with van der Waals surface area (Å²) in [6.45, 7) is 3.85. The number of benzene rings is 1. The number of hydrogen-bond donors (Lipinski definition) is 2. The fourth-order valence-corrected chi connectivity index (χ4v) is 2.78. The van der Waals surface area contributed by atoms with Gasteiger partial charge in [0.05, 0.1) is 11.4 Å². The fraction of sp³-hybridized carbons (Fsp3) is 0.200. The Labute approximate surface area is 156 Å². The molecule has 3 aromatic rings. The first-order valence-corrected chi connectivity index (χ1v) is 8.60. The van der Waals surface area contributed by atoms with Gasteiger partial charge in [-0.2, -0.15) is 0 Å². The third-order valence-electron chi connectivity index (χ3n) is 4.18. The van der Waals surface area contributed by atoms with E-state index >= 15 is 0 Å². The Morgan fingerprint density at radius 2 is 1.70 bits per heavy atom. The normalized spacial score (nSPS) is 10.8. The molecule has 2 heterocycles. The molecule has 138 valence electrons. The number of pyridine rings is 1. The molecule has 0 unspecified atom stereocenters. The molecule has 3 N–H and O–H groups in total. The number of carbonyl (C=O) groups excluding carboxylic acids is 1. The van der Waals surface area contributed by atoms with Gasteiger partial charge in [0.25, 0.3) is 11.5 Å². The van der Waals surface area contributed by atoms with Gasteiger partial charge >= 0.3 is 0 Å². The van der Waals surface area contributed by atoms with Crippen LogP contribution in [0.4, 0.5) is 5.82 Å². The number of nitrogens with one attached hydrogen (secondary N) is 1. The summed E-state index contributed by atoms with van der Waals surface area (Å²) in [5.41, 5.74) is 8.48. The predicted octanol–water partition coefficient (Wildman–Crippen LogP) is 2.50. The number of aromatic nitrogens is 3. The molecule has 27 heavy (non-hydrogen) atoms. The first-order chi connectivity index (χ1) is 12.9. The van der Waals surface area contributed by atoms with E-state index in [1.54, 1.807) is 16.8 Å². The van der Waals surface area contributed by atoms with E-state index in [2.05, 4.69) is 15.3 Å². The summed E-state index contributed by atoms with van der Waals surface area (Å²) < 4.78 is 1.61. The summed E-state index contributed by atoms with van der Waals surface area (Å²) in [6, 6.07) is 12.6. The number of nitrogens with two attached hydrogens (primary N) is 1. The van der Waals surface area contributed by atoms with Crippen LogP contribution in [0.15, 0.2) is 53.5 Å². The summed E-state index contributed by atoms with van der Waals surface area (Å²) in [5, 5.41) is 2.52. The molecular weight excluding hydrogens is 342 g/mol. The van der Waals surface area contributed by atoms with Crippen LogP contribution in [0.2, 0.25) is 0 Å². The Kier molecular flexibility index (Phi) is 5.03. The van der Waals surface area contributed by atoms with Crippen molar-refractivity contribution in [2.75, 3.05) is 12.8 Å². The third-order valence-corrected chi connectivity index (χ3v) is 4.18. The Morgan fingerprint density at radius 3 is 2.33 bits per heavy atom. The van der Waals surface area contributed by atoms with Crippen LogP contribution < -0.4 is 16.6 Å². The van der Waals surface area contributed by atoms with Crippen LogP contribution in [-0.4, -0.2) is 27.5 Å². The molecular formula is C20H21N5O2. The molecule has 3 rings (SSSR count). The minimum atomic E-state index is -0.418. The standard InChI is InChI=1S/C20H21N5O2/c1-12(2)25-11-14(9-10-15(25)26)17-16(13-7-5-4-6-8-13)24-19(21)18(23-17)20(27)22-3/h4-12H,1-3H3,(H2,21,24)(H,22,27).